The van der Waals surface area contributed by atoms with Gasteiger partial charge in [-0.1, -0.05) is 26.0 Å². The fourth-order valence-electron chi connectivity index (χ4n) is 3.60. The Balaban J connectivity index is 1.72. The number of carbonyl (C=O) groups is 2. The van der Waals surface area contributed by atoms with Crippen molar-refractivity contribution >= 4 is 17.5 Å². The van der Waals surface area contributed by atoms with E-state index in [9.17, 15) is 9.59 Å². The average molecular weight is 412 g/mol. The molecular formula is C23H28N2O5. The molecule has 1 heterocycles. The number of hydrogen-bond donors (Lipinski definition) is 1. The number of ether oxygens (including phenoxy) is 3. The first kappa shape index (κ1) is 21.5. The topological polar surface area (TPSA) is 77.1 Å². The maximum atomic E-state index is 12.7. The van der Waals surface area contributed by atoms with Gasteiger partial charge in [-0.2, -0.15) is 0 Å². The second-order valence-corrected chi connectivity index (χ2v) is 7.45. The van der Waals surface area contributed by atoms with Crippen LogP contribution >= 0.6 is 0 Å². The highest BCUT2D eigenvalue weighted by Gasteiger charge is 2.26. The molecule has 3 rings (SSSR count). The lowest BCUT2D eigenvalue weighted by Crippen LogP contribution is -2.32. The predicted molar refractivity (Wildman–Crippen MR) is 115 cm³/mol. The van der Waals surface area contributed by atoms with Gasteiger partial charge in [-0.25, -0.2) is 0 Å². The smallest absolute Gasteiger partial charge is 0.251 e. The van der Waals surface area contributed by atoms with Gasteiger partial charge in [-0.05, 0) is 35.7 Å². The zero-order valence-electron chi connectivity index (χ0n) is 18.1. The third-order valence-corrected chi connectivity index (χ3v) is 5.18. The van der Waals surface area contributed by atoms with Crippen LogP contribution in [0.1, 0.15) is 35.3 Å². The van der Waals surface area contributed by atoms with E-state index in [1.165, 1.54) is 21.3 Å². The van der Waals surface area contributed by atoms with Crippen molar-refractivity contribution in [1.82, 2.24) is 5.32 Å². The molecule has 1 aliphatic heterocycles. The maximum absolute atomic E-state index is 12.7. The highest BCUT2D eigenvalue weighted by molar-refractivity contribution is 5.97. The van der Waals surface area contributed by atoms with E-state index < -0.39 is 0 Å². The number of fused-ring (bicyclic) bond motifs is 1. The Morgan fingerprint density at radius 3 is 2.27 bits per heavy atom. The molecule has 1 N–H and O–H groups in total. The van der Waals surface area contributed by atoms with Gasteiger partial charge in [-0.3, -0.25) is 9.59 Å². The van der Waals surface area contributed by atoms with Crippen LogP contribution in [0.2, 0.25) is 0 Å². The number of rotatable bonds is 7. The summed E-state index contributed by atoms with van der Waals surface area (Å²) in [6.07, 6.45) is 0.822. The summed E-state index contributed by atoms with van der Waals surface area (Å²) in [6, 6.07) is 9.20. The lowest BCUT2D eigenvalue weighted by atomic mass is 10.1. The van der Waals surface area contributed by atoms with E-state index in [1.54, 1.807) is 12.1 Å². The summed E-state index contributed by atoms with van der Waals surface area (Å²) in [5.74, 6) is 1.15. The Morgan fingerprint density at radius 2 is 1.70 bits per heavy atom. The Bertz CT molecular complexity index is 930. The number of hydrogen-bond acceptors (Lipinski definition) is 5. The lowest BCUT2D eigenvalue weighted by Gasteiger charge is -2.19. The first-order chi connectivity index (χ1) is 14.4. The molecule has 0 unspecified atom stereocenters. The van der Waals surface area contributed by atoms with Crippen molar-refractivity contribution in [3.05, 3.63) is 47.0 Å². The van der Waals surface area contributed by atoms with Crippen LogP contribution in [0.15, 0.2) is 30.3 Å². The fraction of sp³-hybridized carbons (Fsp3) is 0.391. The Morgan fingerprint density at radius 1 is 1.03 bits per heavy atom. The fourth-order valence-corrected chi connectivity index (χ4v) is 3.60. The number of nitrogens with one attached hydrogen (secondary N) is 1. The number of anilines is 1. The molecule has 0 fully saturated rings. The van der Waals surface area contributed by atoms with Gasteiger partial charge in [0.2, 0.25) is 11.7 Å². The normalized spacial score (nSPS) is 12.5. The first-order valence-electron chi connectivity index (χ1n) is 9.91. The molecule has 0 spiro atoms. The van der Waals surface area contributed by atoms with Gasteiger partial charge in [0, 0.05) is 30.3 Å². The van der Waals surface area contributed by atoms with Gasteiger partial charge in [0.25, 0.3) is 5.91 Å². The largest absolute Gasteiger partial charge is 0.493 e. The molecule has 0 bridgehead atoms. The molecule has 0 atom stereocenters. The van der Waals surface area contributed by atoms with Crippen LogP contribution < -0.4 is 24.4 Å². The highest BCUT2D eigenvalue weighted by atomic mass is 16.5. The van der Waals surface area contributed by atoms with Crippen molar-refractivity contribution in [2.24, 2.45) is 5.92 Å². The first-order valence-corrected chi connectivity index (χ1v) is 9.91. The van der Waals surface area contributed by atoms with Crippen LogP contribution in [0.3, 0.4) is 0 Å². The Labute approximate surface area is 176 Å². The van der Waals surface area contributed by atoms with Gasteiger partial charge >= 0.3 is 0 Å². The molecule has 0 saturated heterocycles. The van der Waals surface area contributed by atoms with Gasteiger partial charge in [0.15, 0.2) is 11.5 Å². The van der Waals surface area contributed by atoms with E-state index in [-0.39, 0.29) is 17.7 Å². The van der Waals surface area contributed by atoms with Crippen LogP contribution in [0, 0.1) is 5.92 Å². The number of benzene rings is 2. The zero-order chi connectivity index (χ0) is 21.8. The molecule has 160 valence electrons. The molecule has 30 heavy (non-hydrogen) atoms. The molecule has 0 aliphatic carbocycles. The molecule has 7 nitrogen and oxygen atoms in total. The zero-order valence-corrected chi connectivity index (χ0v) is 18.1. The minimum Gasteiger partial charge on any atom is -0.493 e. The molecule has 2 aromatic rings. The van der Waals surface area contributed by atoms with Crippen LogP contribution in [0.4, 0.5) is 5.69 Å². The summed E-state index contributed by atoms with van der Waals surface area (Å²) in [4.78, 5) is 26.9. The minimum absolute atomic E-state index is 0.0339. The molecule has 7 heteroatoms. The summed E-state index contributed by atoms with van der Waals surface area (Å²) < 4.78 is 15.9. The Hall–Kier alpha value is -3.22. The third kappa shape index (κ3) is 4.20. The molecule has 2 amide bonds. The highest BCUT2D eigenvalue weighted by Crippen LogP contribution is 2.38. The van der Waals surface area contributed by atoms with Crippen molar-refractivity contribution in [3.63, 3.8) is 0 Å². The van der Waals surface area contributed by atoms with E-state index in [2.05, 4.69) is 11.4 Å². The van der Waals surface area contributed by atoms with Crippen LogP contribution in [0.25, 0.3) is 0 Å². The van der Waals surface area contributed by atoms with Crippen molar-refractivity contribution in [1.29, 1.82) is 0 Å². The third-order valence-electron chi connectivity index (χ3n) is 5.18. The molecular weight excluding hydrogens is 384 g/mol. The van der Waals surface area contributed by atoms with Crippen LogP contribution in [-0.4, -0.2) is 39.7 Å². The van der Waals surface area contributed by atoms with E-state index in [1.807, 2.05) is 30.9 Å². The number of amides is 2. The van der Waals surface area contributed by atoms with E-state index in [4.69, 9.17) is 14.2 Å². The van der Waals surface area contributed by atoms with Crippen molar-refractivity contribution in [2.75, 3.05) is 32.8 Å². The Kier molecular flexibility index (Phi) is 6.50. The average Bonchev–Trinajstić information content (AvgIpc) is 3.18. The van der Waals surface area contributed by atoms with Gasteiger partial charge in [0.05, 0.1) is 21.3 Å². The SMILES string of the molecule is COc1cc(C(=O)NCc2ccc3c(c2)CCN3C(=O)C(C)C)cc(OC)c1OC. The number of methoxy groups -OCH3 is 3. The predicted octanol–water partition coefficient (Wildman–Crippen LogP) is 3.19. The van der Waals surface area contributed by atoms with E-state index in [0.29, 0.717) is 35.9 Å². The van der Waals surface area contributed by atoms with Crippen molar-refractivity contribution in [2.45, 2.75) is 26.8 Å². The summed E-state index contributed by atoms with van der Waals surface area (Å²) >= 11 is 0. The second kappa shape index (κ2) is 9.07. The monoisotopic (exact) mass is 412 g/mol. The van der Waals surface area contributed by atoms with Crippen molar-refractivity contribution in [3.8, 4) is 17.2 Å². The maximum Gasteiger partial charge on any atom is 0.251 e. The lowest BCUT2D eigenvalue weighted by molar-refractivity contribution is -0.121. The summed E-state index contributed by atoms with van der Waals surface area (Å²) in [5.41, 5.74) is 3.49. The van der Waals surface area contributed by atoms with Crippen molar-refractivity contribution < 1.29 is 23.8 Å². The number of nitrogens with zero attached hydrogens (tertiary/aromatic N) is 1. The summed E-state index contributed by atoms with van der Waals surface area (Å²) in [6.45, 7) is 4.90. The minimum atomic E-state index is -0.244. The molecule has 1 aliphatic rings. The van der Waals surface area contributed by atoms with E-state index in [0.717, 1.165) is 23.2 Å². The van der Waals surface area contributed by atoms with Crippen LogP contribution in [0.5, 0.6) is 17.2 Å². The van der Waals surface area contributed by atoms with Gasteiger partial charge in [-0.15, -0.1) is 0 Å². The standard InChI is InChI=1S/C23H28N2O5/c1-14(2)23(27)25-9-8-16-10-15(6-7-18(16)25)13-24-22(26)17-11-19(28-3)21(30-5)20(12-17)29-4/h6-7,10-12,14H,8-9,13H2,1-5H3,(H,24,26). The summed E-state index contributed by atoms with van der Waals surface area (Å²) in [7, 11) is 4.54. The second-order valence-electron chi connectivity index (χ2n) is 7.45. The summed E-state index contributed by atoms with van der Waals surface area (Å²) in [5, 5.41) is 2.93. The molecule has 0 radical (unpaired) electrons. The molecule has 0 aromatic heterocycles. The molecule has 0 saturated carbocycles. The van der Waals surface area contributed by atoms with Crippen LogP contribution in [-0.2, 0) is 17.8 Å². The number of carbonyl (C=O) groups excluding carboxylic acids is 2. The van der Waals surface area contributed by atoms with Gasteiger partial charge in [0.1, 0.15) is 0 Å². The quantitative estimate of drug-likeness (QED) is 0.756. The molecule has 2 aromatic carbocycles. The van der Waals surface area contributed by atoms with Gasteiger partial charge < -0.3 is 24.4 Å². The van der Waals surface area contributed by atoms with E-state index >= 15 is 0 Å².